The maximum atomic E-state index is 12.0. The van der Waals surface area contributed by atoms with Crippen LogP contribution < -0.4 is 5.32 Å². The van der Waals surface area contributed by atoms with Crippen LogP contribution in [-0.2, 0) is 21.1 Å². The minimum Gasteiger partial charge on any atom is -0.356 e. The molecule has 1 saturated heterocycles. The van der Waals surface area contributed by atoms with Crippen LogP contribution >= 0.6 is 0 Å². The first-order chi connectivity index (χ1) is 11.9. The topological polar surface area (TPSA) is 81.1 Å². The van der Waals surface area contributed by atoms with Gasteiger partial charge in [0.1, 0.15) is 0 Å². The minimum atomic E-state index is -3.02. The number of amides is 1. The molecule has 1 aliphatic rings. The second-order valence-corrected chi connectivity index (χ2v) is 8.74. The zero-order valence-corrected chi connectivity index (χ0v) is 15.1. The SMILES string of the molecule is Cc1nn(-c2ccccc2)cc1CCCNC(=O)C1CCS(=O)(=O)C1. The molecule has 6 nitrogen and oxygen atoms in total. The molecule has 0 saturated carbocycles. The van der Waals surface area contributed by atoms with Crippen LogP contribution in [0.15, 0.2) is 36.5 Å². The number of carbonyl (C=O) groups excluding carboxylic acids is 1. The third kappa shape index (κ3) is 4.48. The lowest BCUT2D eigenvalue weighted by Gasteiger charge is -2.09. The predicted octanol–water partition coefficient (Wildman–Crippen LogP) is 1.66. The molecule has 2 heterocycles. The van der Waals surface area contributed by atoms with Crippen molar-refractivity contribution in [3.8, 4) is 5.69 Å². The zero-order chi connectivity index (χ0) is 17.9. The second kappa shape index (κ2) is 7.39. The van der Waals surface area contributed by atoms with E-state index in [-0.39, 0.29) is 23.3 Å². The molecule has 3 rings (SSSR count). The van der Waals surface area contributed by atoms with E-state index in [4.69, 9.17) is 0 Å². The Morgan fingerprint density at radius 3 is 2.76 bits per heavy atom. The van der Waals surface area contributed by atoms with E-state index in [1.807, 2.05) is 48.1 Å². The van der Waals surface area contributed by atoms with Gasteiger partial charge in [-0.1, -0.05) is 18.2 Å². The van der Waals surface area contributed by atoms with Gasteiger partial charge in [-0.25, -0.2) is 13.1 Å². The molecule has 0 spiro atoms. The van der Waals surface area contributed by atoms with Crippen LogP contribution in [0.25, 0.3) is 5.69 Å². The Morgan fingerprint density at radius 1 is 1.32 bits per heavy atom. The first-order valence-corrected chi connectivity index (χ1v) is 10.4. The van der Waals surface area contributed by atoms with Crippen molar-refractivity contribution in [2.75, 3.05) is 18.1 Å². The third-order valence-corrected chi connectivity index (χ3v) is 6.31. The summed E-state index contributed by atoms with van der Waals surface area (Å²) in [6, 6.07) is 9.94. The lowest BCUT2D eigenvalue weighted by Crippen LogP contribution is -2.32. The molecule has 1 fully saturated rings. The summed E-state index contributed by atoms with van der Waals surface area (Å²) < 4.78 is 24.7. The number of para-hydroxylation sites is 1. The highest BCUT2D eigenvalue weighted by molar-refractivity contribution is 7.91. The molecule has 1 aromatic carbocycles. The van der Waals surface area contributed by atoms with Gasteiger partial charge in [0.05, 0.1) is 28.8 Å². The van der Waals surface area contributed by atoms with Crippen molar-refractivity contribution in [3.05, 3.63) is 47.8 Å². The maximum Gasteiger partial charge on any atom is 0.224 e. The van der Waals surface area contributed by atoms with E-state index >= 15 is 0 Å². The van der Waals surface area contributed by atoms with Crippen molar-refractivity contribution in [2.45, 2.75) is 26.2 Å². The van der Waals surface area contributed by atoms with Crippen LogP contribution in [0.4, 0.5) is 0 Å². The van der Waals surface area contributed by atoms with Gasteiger partial charge in [0.15, 0.2) is 9.84 Å². The molecule has 1 amide bonds. The predicted molar refractivity (Wildman–Crippen MR) is 96.4 cm³/mol. The number of rotatable bonds is 6. The molecule has 0 aliphatic carbocycles. The van der Waals surface area contributed by atoms with Crippen molar-refractivity contribution in [2.24, 2.45) is 5.92 Å². The van der Waals surface area contributed by atoms with Crippen molar-refractivity contribution >= 4 is 15.7 Å². The standard InChI is InChI=1S/C18H23N3O3S/c1-14-15(12-21(20-14)17-7-3-2-4-8-17)6-5-10-19-18(22)16-9-11-25(23,24)13-16/h2-4,7-8,12,16H,5-6,9-11,13H2,1H3,(H,19,22). The Bertz CT molecular complexity index is 844. The summed E-state index contributed by atoms with van der Waals surface area (Å²) in [6.07, 6.45) is 4.08. The minimum absolute atomic E-state index is 0.0121. The first-order valence-electron chi connectivity index (χ1n) is 8.53. The van der Waals surface area contributed by atoms with Crippen LogP contribution in [0.2, 0.25) is 0 Å². The van der Waals surface area contributed by atoms with E-state index in [2.05, 4.69) is 10.4 Å². The molecule has 1 aromatic heterocycles. The van der Waals surface area contributed by atoms with Gasteiger partial charge in [-0.3, -0.25) is 4.79 Å². The zero-order valence-electron chi connectivity index (χ0n) is 14.3. The highest BCUT2D eigenvalue weighted by atomic mass is 32.2. The van der Waals surface area contributed by atoms with Gasteiger partial charge in [-0.05, 0) is 43.9 Å². The highest BCUT2D eigenvalue weighted by Gasteiger charge is 2.32. The molecule has 134 valence electrons. The summed E-state index contributed by atoms with van der Waals surface area (Å²) in [5.74, 6) is -0.407. The van der Waals surface area contributed by atoms with Gasteiger partial charge in [0.25, 0.3) is 0 Å². The number of aromatic nitrogens is 2. The van der Waals surface area contributed by atoms with Crippen molar-refractivity contribution in [3.63, 3.8) is 0 Å². The normalized spacial score (nSPS) is 19.0. The van der Waals surface area contributed by atoms with Gasteiger partial charge in [-0.15, -0.1) is 0 Å². The monoisotopic (exact) mass is 361 g/mol. The highest BCUT2D eigenvalue weighted by Crippen LogP contribution is 2.18. The van der Waals surface area contributed by atoms with E-state index in [9.17, 15) is 13.2 Å². The average Bonchev–Trinajstić information content (AvgIpc) is 3.15. The Balaban J connectivity index is 1.48. The summed E-state index contributed by atoms with van der Waals surface area (Å²) in [5.41, 5.74) is 3.16. The lowest BCUT2D eigenvalue weighted by molar-refractivity contribution is -0.124. The van der Waals surface area contributed by atoms with Crippen LogP contribution in [0, 0.1) is 12.8 Å². The summed E-state index contributed by atoms with van der Waals surface area (Å²) in [5, 5.41) is 7.40. The van der Waals surface area contributed by atoms with Crippen LogP contribution in [-0.4, -0.2) is 42.2 Å². The fourth-order valence-electron chi connectivity index (χ4n) is 3.09. The quantitative estimate of drug-likeness (QED) is 0.794. The van der Waals surface area contributed by atoms with Crippen LogP contribution in [0.1, 0.15) is 24.1 Å². The number of aryl methyl sites for hydroxylation is 2. The molecule has 1 aliphatic heterocycles. The van der Waals surface area contributed by atoms with Crippen molar-refractivity contribution in [1.29, 1.82) is 0 Å². The van der Waals surface area contributed by atoms with E-state index in [1.165, 1.54) is 0 Å². The average molecular weight is 361 g/mol. The Hall–Kier alpha value is -2.15. The van der Waals surface area contributed by atoms with E-state index in [0.717, 1.165) is 29.8 Å². The first kappa shape index (κ1) is 17.7. The van der Waals surface area contributed by atoms with Gasteiger partial charge in [0, 0.05) is 12.7 Å². The van der Waals surface area contributed by atoms with Crippen LogP contribution in [0.5, 0.6) is 0 Å². The van der Waals surface area contributed by atoms with Gasteiger partial charge in [-0.2, -0.15) is 5.10 Å². The number of sulfone groups is 1. The molecule has 25 heavy (non-hydrogen) atoms. The molecule has 0 bridgehead atoms. The van der Waals surface area contributed by atoms with Gasteiger partial charge in [0.2, 0.25) is 5.91 Å². The number of hydrogen-bond donors (Lipinski definition) is 1. The van der Waals surface area contributed by atoms with E-state index in [0.29, 0.717) is 13.0 Å². The molecule has 1 atom stereocenters. The Morgan fingerprint density at radius 2 is 2.08 bits per heavy atom. The van der Waals surface area contributed by atoms with Crippen LogP contribution in [0.3, 0.4) is 0 Å². The number of benzene rings is 1. The summed E-state index contributed by atoms with van der Waals surface area (Å²) in [7, 11) is -3.02. The Labute approximate surface area is 148 Å². The second-order valence-electron chi connectivity index (χ2n) is 6.51. The smallest absolute Gasteiger partial charge is 0.224 e. The largest absolute Gasteiger partial charge is 0.356 e. The maximum absolute atomic E-state index is 12.0. The fraction of sp³-hybridized carbons (Fsp3) is 0.444. The molecular formula is C18H23N3O3S. The number of carbonyl (C=O) groups is 1. The molecular weight excluding hydrogens is 338 g/mol. The number of nitrogens with zero attached hydrogens (tertiary/aromatic N) is 2. The van der Waals surface area contributed by atoms with Gasteiger partial charge < -0.3 is 5.32 Å². The molecule has 1 unspecified atom stereocenters. The molecule has 2 aromatic rings. The van der Waals surface area contributed by atoms with Crippen molar-refractivity contribution < 1.29 is 13.2 Å². The summed E-state index contributed by atoms with van der Waals surface area (Å²) in [4.78, 5) is 12.0. The lowest BCUT2D eigenvalue weighted by atomic mass is 10.1. The Kier molecular flexibility index (Phi) is 5.22. The molecule has 7 heteroatoms. The summed E-state index contributed by atoms with van der Waals surface area (Å²) >= 11 is 0. The number of nitrogens with one attached hydrogen (secondary N) is 1. The van der Waals surface area contributed by atoms with E-state index in [1.54, 1.807) is 0 Å². The third-order valence-electron chi connectivity index (χ3n) is 4.55. The summed E-state index contributed by atoms with van der Waals surface area (Å²) in [6.45, 7) is 2.53. The van der Waals surface area contributed by atoms with Crippen molar-refractivity contribution in [1.82, 2.24) is 15.1 Å². The van der Waals surface area contributed by atoms with Gasteiger partial charge >= 0.3 is 0 Å². The molecule has 0 radical (unpaired) electrons. The fourth-order valence-corrected chi connectivity index (χ4v) is 4.83. The van der Waals surface area contributed by atoms with E-state index < -0.39 is 9.84 Å². The number of hydrogen-bond acceptors (Lipinski definition) is 4. The molecule has 1 N–H and O–H groups in total.